The van der Waals surface area contributed by atoms with Gasteiger partial charge in [0.15, 0.2) is 0 Å². The number of aromatic nitrogens is 1. The van der Waals surface area contributed by atoms with Crippen molar-refractivity contribution in [3.05, 3.63) is 54.2 Å². The number of amides is 1. The predicted octanol–water partition coefficient (Wildman–Crippen LogP) is 2.19. The van der Waals surface area contributed by atoms with Gasteiger partial charge >= 0.3 is 0 Å². The van der Waals surface area contributed by atoms with Gasteiger partial charge in [0.25, 0.3) is 5.91 Å². The van der Waals surface area contributed by atoms with E-state index in [1.807, 2.05) is 48.7 Å². The van der Waals surface area contributed by atoms with Crippen molar-refractivity contribution in [3.8, 4) is 5.75 Å². The van der Waals surface area contributed by atoms with Crippen molar-refractivity contribution >= 4 is 11.7 Å². The largest absolute Gasteiger partial charge is 0.492 e. The SMILES string of the molecule is O=C(N[C@@H]1CCCN(c2ccccn2)C1)c1cccc(OCCN2CCOCC2)c1. The van der Waals surface area contributed by atoms with Crippen LogP contribution in [-0.2, 0) is 4.74 Å². The quantitative estimate of drug-likeness (QED) is 0.755. The van der Waals surface area contributed by atoms with Crippen LogP contribution < -0.4 is 15.0 Å². The number of benzene rings is 1. The number of morpholine rings is 1. The molecule has 0 radical (unpaired) electrons. The molecule has 2 aliphatic heterocycles. The molecule has 1 aromatic heterocycles. The van der Waals surface area contributed by atoms with Gasteiger partial charge in [-0.2, -0.15) is 0 Å². The maximum Gasteiger partial charge on any atom is 0.251 e. The summed E-state index contributed by atoms with van der Waals surface area (Å²) in [5, 5.41) is 3.18. The third kappa shape index (κ3) is 5.70. The molecule has 0 aliphatic carbocycles. The summed E-state index contributed by atoms with van der Waals surface area (Å²) >= 11 is 0. The van der Waals surface area contributed by atoms with E-state index in [1.54, 1.807) is 0 Å². The molecule has 30 heavy (non-hydrogen) atoms. The van der Waals surface area contributed by atoms with Crippen LogP contribution in [0, 0.1) is 0 Å². The summed E-state index contributed by atoms with van der Waals surface area (Å²) in [4.78, 5) is 21.8. The first-order valence-electron chi connectivity index (χ1n) is 10.8. The summed E-state index contributed by atoms with van der Waals surface area (Å²) in [6.45, 7) is 6.68. The number of rotatable bonds is 7. The van der Waals surface area contributed by atoms with E-state index in [4.69, 9.17) is 9.47 Å². The lowest BCUT2D eigenvalue weighted by Gasteiger charge is -2.34. The van der Waals surface area contributed by atoms with Gasteiger partial charge in [0.2, 0.25) is 0 Å². The molecule has 160 valence electrons. The lowest BCUT2D eigenvalue weighted by Crippen LogP contribution is -2.48. The molecule has 0 bridgehead atoms. The van der Waals surface area contributed by atoms with Crippen molar-refractivity contribution in [2.75, 3.05) is 57.4 Å². The van der Waals surface area contributed by atoms with Crippen LogP contribution in [0.4, 0.5) is 5.82 Å². The normalized spacial score (nSPS) is 20.0. The Balaban J connectivity index is 1.28. The lowest BCUT2D eigenvalue weighted by atomic mass is 10.0. The average Bonchev–Trinajstić information content (AvgIpc) is 2.81. The Bertz CT molecular complexity index is 811. The molecule has 0 spiro atoms. The highest BCUT2D eigenvalue weighted by Crippen LogP contribution is 2.18. The zero-order valence-electron chi connectivity index (χ0n) is 17.3. The smallest absolute Gasteiger partial charge is 0.251 e. The Morgan fingerprint density at radius 3 is 2.90 bits per heavy atom. The van der Waals surface area contributed by atoms with Crippen molar-refractivity contribution < 1.29 is 14.3 Å². The van der Waals surface area contributed by atoms with Crippen molar-refractivity contribution in [1.29, 1.82) is 0 Å². The molecule has 1 aromatic carbocycles. The van der Waals surface area contributed by atoms with Gasteiger partial charge in [-0.25, -0.2) is 4.98 Å². The van der Waals surface area contributed by atoms with Gasteiger partial charge in [-0.3, -0.25) is 9.69 Å². The summed E-state index contributed by atoms with van der Waals surface area (Å²) in [5.74, 6) is 1.64. The third-order valence-electron chi connectivity index (χ3n) is 5.61. The molecule has 4 rings (SSSR count). The highest BCUT2D eigenvalue weighted by Gasteiger charge is 2.22. The van der Waals surface area contributed by atoms with Crippen molar-refractivity contribution in [2.24, 2.45) is 0 Å². The number of carbonyl (C=O) groups excluding carboxylic acids is 1. The number of carbonyl (C=O) groups is 1. The number of ether oxygens (including phenoxy) is 2. The summed E-state index contributed by atoms with van der Waals surface area (Å²) in [5.41, 5.74) is 0.633. The number of nitrogens with one attached hydrogen (secondary N) is 1. The number of pyridine rings is 1. The minimum atomic E-state index is -0.0542. The molecular formula is C23H30N4O3. The molecule has 1 atom stereocenters. The van der Waals surface area contributed by atoms with E-state index in [-0.39, 0.29) is 11.9 Å². The number of anilines is 1. The molecule has 0 saturated carbocycles. The molecule has 7 heteroatoms. The highest BCUT2D eigenvalue weighted by atomic mass is 16.5. The first kappa shape index (κ1) is 20.6. The fourth-order valence-electron chi connectivity index (χ4n) is 3.96. The van der Waals surface area contributed by atoms with Crippen molar-refractivity contribution in [3.63, 3.8) is 0 Å². The topological polar surface area (TPSA) is 66.9 Å². The zero-order chi connectivity index (χ0) is 20.6. The second-order valence-corrected chi connectivity index (χ2v) is 7.78. The molecule has 2 fully saturated rings. The monoisotopic (exact) mass is 410 g/mol. The Labute approximate surface area is 178 Å². The maximum atomic E-state index is 12.8. The van der Waals surface area contributed by atoms with E-state index in [9.17, 15) is 4.79 Å². The Morgan fingerprint density at radius 2 is 2.07 bits per heavy atom. The van der Waals surface area contributed by atoms with Crippen LogP contribution in [0.3, 0.4) is 0 Å². The highest BCUT2D eigenvalue weighted by molar-refractivity contribution is 5.94. The van der Waals surface area contributed by atoms with Gasteiger partial charge in [0.05, 0.1) is 13.2 Å². The molecule has 2 aromatic rings. The van der Waals surface area contributed by atoms with E-state index in [0.717, 1.165) is 70.3 Å². The molecule has 1 N–H and O–H groups in total. The molecule has 0 unspecified atom stereocenters. The van der Waals surface area contributed by atoms with E-state index in [0.29, 0.717) is 12.2 Å². The first-order valence-corrected chi connectivity index (χ1v) is 10.8. The fourth-order valence-corrected chi connectivity index (χ4v) is 3.96. The molecule has 1 amide bonds. The fraction of sp³-hybridized carbons (Fsp3) is 0.478. The van der Waals surface area contributed by atoms with Crippen LogP contribution in [0.5, 0.6) is 5.75 Å². The van der Waals surface area contributed by atoms with Gasteiger partial charge in [-0.05, 0) is 43.2 Å². The van der Waals surface area contributed by atoms with Crippen LogP contribution in [-0.4, -0.2) is 74.4 Å². The van der Waals surface area contributed by atoms with Crippen LogP contribution in [0.15, 0.2) is 48.7 Å². The van der Waals surface area contributed by atoms with Crippen LogP contribution in [0.25, 0.3) is 0 Å². The standard InChI is InChI=1S/C23H30N4O3/c28-23(25-20-6-4-10-27(18-20)22-8-1-2-9-24-22)19-5-3-7-21(17-19)30-16-13-26-11-14-29-15-12-26/h1-3,5,7-9,17,20H,4,6,10-16,18H2,(H,25,28)/t20-/m1/s1. The maximum absolute atomic E-state index is 12.8. The van der Waals surface area contributed by atoms with E-state index >= 15 is 0 Å². The van der Waals surface area contributed by atoms with Crippen molar-refractivity contribution in [1.82, 2.24) is 15.2 Å². The van der Waals surface area contributed by atoms with E-state index in [2.05, 4.69) is 20.1 Å². The zero-order valence-corrected chi connectivity index (χ0v) is 17.3. The average molecular weight is 411 g/mol. The van der Waals surface area contributed by atoms with Crippen LogP contribution in [0.1, 0.15) is 23.2 Å². The molecule has 7 nitrogen and oxygen atoms in total. The minimum Gasteiger partial charge on any atom is -0.492 e. The van der Waals surface area contributed by atoms with Gasteiger partial charge in [-0.15, -0.1) is 0 Å². The lowest BCUT2D eigenvalue weighted by molar-refractivity contribution is 0.0322. The summed E-state index contributed by atoms with van der Waals surface area (Å²) in [6, 6.07) is 13.5. The number of piperidine rings is 1. The third-order valence-corrected chi connectivity index (χ3v) is 5.61. The Morgan fingerprint density at radius 1 is 1.17 bits per heavy atom. The van der Waals surface area contributed by atoms with Gasteiger partial charge < -0.3 is 19.7 Å². The number of hydrogen-bond donors (Lipinski definition) is 1. The summed E-state index contributed by atoms with van der Waals surface area (Å²) < 4.78 is 11.3. The Hall–Kier alpha value is -2.64. The number of nitrogens with zero attached hydrogens (tertiary/aromatic N) is 3. The second kappa shape index (κ2) is 10.4. The first-order chi connectivity index (χ1) is 14.8. The van der Waals surface area contributed by atoms with E-state index < -0.39 is 0 Å². The minimum absolute atomic E-state index is 0.0542. The summed E-state index contributed by atoms with van der Waals surface area (Å²) in [6.07, 6.45) is 3.82. The molecular weight excluding hydrogens is 380 g/mol. The predicted molar refractivity (Wildman–Crippen MR) is 116 cm³/mol. The van der Waals surface area contributed by atoms with E-state index in [1.165, 1.54) is 0 Å². The van der Waals surface area contributed by atoms with Crippen LogP contribution in [0.2, 0.25) is 0 Å². The molecule has 2 saturated heterocycles. The van der Waals surface area contributed by atoms with Gasteiger partial charge in [0, 0.05) is 50.5 Å². The second-order valence-electron chi connectivity index (χ2n) is 7.78. The van der Waals surface area contributed by atoms with Gasteiger partial charge in [-0.1, -0.05) is 12.1 Å². The van der Waals surface area contributed by atoms with Crippen LogP contribution >= 0.6 is 0 Å². The summed E-state index contributed by atoms with van der Waals surface area (Å²) in [7, 11) is 0. The molecule has 2 aliphatic rings. The number of hydrogen-bond acceptors (Lipinski definition) is 6. The van der Waals surface area contributed by atoms with Gasteiger partial charge in [0.1, 0.15) is 18.2 Å². The molecule has 3 heterocycles. The Kier molecular flexibility index (Phi) is 7.16. The van der Waals surface area contributed by atoms with Crippen molar-refractivity contribution in [2.45, 2.75) is 18.9 Å².